The summed E-state index contributed by atoms with van der Waals surface area (Å²) < 4.78 is 57.7. The van der Waals surface area contributed by atoms with Crippen LogP contribution in [0.15, 0.2) is 36.7 Å². The van der Waals surface area contributed by atoms with E-state index in [0.29, 0.717) is 30.1 Å². The number of benzene rings is 1. The van der Waals surface area contributed by atoms with Gasteiger partial charge in [-0.15, -0.1) is 0 Å². The van der Waals surface area contributed by atoms with Crippen LogP contribution in [-0.2, 0) is 34.4 Å². The number of rotatable bonds is 29. The third-order valence-electron chi connectivity index (χ3n) is 10.2. The lowest BCUT2D eigenvalue weighted by molar-refractivity contribution is -0.0593. The smallest absolute Gasteiger partial charge is 0.382 e. The maximum absolute atomic E-state index is 14.7. The van der Waals surface area contributed by atoms with Gasteiger partial charge in [-0.25, -0.2) is 18.5 Å². The molecule has 308 valence electrons. The topological polar surface area (TPSA) is 187 Å². The van der Waals surface area contributed by atoms with E-state index in [2.05, 4.69) is 23.1 Å². The average Bonchev–Trinajstić information content (AvgIpc) is 3.84. The molecule has 0 bridgehead atoms. The van der Waals surface area contributed by atoms with Gasteiger partial charge in [0.2, 0.25) is 0 Å². The van der Waals surface area contributed by atoms with Crippen LogP contribution in [0.2, 0.25) is 0 Å². The first-order valence-corrected chi connectivity index (χ1v) is 21.9. The maximum Gasteiger partial charge on any atom is 0.472 e. The minimum atomic E-state index is -4.70. The Labute approximate surface area is 331 Å². The Morgan fingerprint density at radius 3 is 2.29 bits per heavy atom. The largest absolute Gasteiger partial charge is 0.472 e. The van der Waals surface area contributed by atoms with E-state index in [-0.39, 0.29) is 30.8 Å². The monoisotopic (exact) mass is 798 g/mol. The van der Waals surface area contributed by atoms with Crippen molar-refractivity contribution in [3.8, 4) is 12.1 Å². The molecule has 0 saturated carbocycles. The number of fused-ring (bicyclic) bond motifs is 1. The number of unbranched alkanes of at least 4 members (excludes halogenated alkanes) is 15. The van der Waals surface area contributed by atoms with Crippen LogP contribution in [0.25, 0.3) is 5.52 Å². The lowest BCUT2D eigenvalue weighted by Gasteiger charge is -2.24. The summed E-state index contributed by atoms with van der Waals surface area (Å²) >= 11 is 0. The average molecular weight is 799 g/mol. The predicted octanol–water partition coefficient (Wildman–Crippen LogP) is 9.43. The minimum absolute atomic E-state index is 0.0184. The number of nitrogens with two attached hydrogens (primary N) is 1. The second kappa shape index (κ2) is 24.3. The molecule has 15 heteroatoms. The molecule has 56 heavy (non-hydrogen) atoms. The number of hydrogen-bond donors (Lipinski definition) is 2. The molecule has 2 aromatic heterocycles. The van der Waals surface area contributed by atoms with E-state index in [1.807, 2.05) is 6.07 Å². The summed E-state index contributed by atoms with van der Waals surface area (Å²) in [5.41, 5.74) is 5.73. The molecule has 0 radical (unpaired) electrons. The highest BCUT2D eigenvalue weighted by atomic mass is 31.2. The third kappa shape index (κ3) is 14.8. The fourth-order valence-corrected chi connectivity index (χ4v) is 7.70. The molecule has 1 saturated heterocycles. The first-order chi connectivity index (χ1) is 27.2. The fraction of sp³-hybridized carbons (Fsp3) is 0.659. The molecule has 1 aliphatic heterocycles. The van der Waals surface area contributed by atoms with Crippen molar-refractivity contribution in [2.45, 2.75) is 147 Å². The number of nitrogen functional groups attached to an aromatic ring is 1. The van der Waals surface area contributed by atoms with Crippen molar-refractivity contribution < 1.29 is 37.1 Å². The van der Waals surface area contributed by atoms with E-state index in [0.717, 1.165) is 19.3 Å². The van der Waals surface area contributed by atoms with Crippen LogP contribution in [0.3, 0.4) is 0 Å². The highest BCUT2D eigenvalue weighted by molar-refractivity contribution is 7.47. The predicted molar refractivity (Wildman–Crippen MR) is 211 cm³/mol. The Morgan fingerprint density at radius 1 is 0.982 bits per heavy atom. The summed E-state index contributed by atoms with van der Waals surface area (Å²) in [6.07, 6.45) is 20.9. The molecule has 13 nitrogen and oxygen atoms in total. The van der Waals surface area contributed by atoms with Crippen LogP contribution < -0.4 is 5.73 Å². The fourth-order valence-electron chi connectivity index (χ4n) is 6.90. The Hall–Kier alpha value is -3.46. The Kier molecular flexibility index (Phi) is 19.7. The molecule has 1 aliphatic rings. The summed E-state index contributed by atoms with van der Waals surface area (Å²) in [4.78, 5) is 14.6. The quantitative estimate of drug-likeness (QED) is 0.0501. The maximum atomic E-state index is 14.7. The zero-order valence-electron chi connectivity index (χ0n) is 32.9. The Morgan fingerprint density at radius 2 is 1.64 bits per heavy atom. The number of aromatic nitrogens is 3. The molecule has 3 aromatic rings. The number of nitriles is 2. The molecular formula is C41H60FN6O7P. The molecule has 1 fully saturated rings. The van der Waals surface area contributed by atoms with E-state index in [4.69, 9.17) is 29.0 Å². The number of nitrogens with zero attached hydrogens (tertiary/aromatic N) is 5. The summed E-state index contributed by atoms with van der Waals surface area (Å²) in [6, 6.07) is 11.9. The van der Waals surface area contributed by atoms with Crippen molar-refractivity contribution in [3.05, 3.63) is 59.3 Å². The first kappa shape index (κ1) is 45.2. The lowest BCUT2D eigenvalue weighted by Crippen LogP contribution is -2.32. The van der Waals surface area contributed by atoms with Gasteiger partial charge in [0.15, 0.2) is 11.4 Å². The van der Waals surface area contributed by atoms with Crippen LogP contribution >= 0.6 is 7.82 Å². The highest BCUT2D eigenvalue weighted by Gasteiger charge is 2.44. The van der Waals surface area contributed by atoms with Gasteiger partial charge >= 0.3 is 7.82 Å². The Balaban J connectivity index is 1.17. The van der Waals surface area contributed by atoms with Gasteiger partial charge in [-0.3, -0.25) is 9.05 Å². The van der Waals surface area contributed by atoms with Gasteiger partial charge in [-0.05, 0) is 37.5 Å². The zero-order valence-corrected chi connectivity index (χ0v) is 33.8. The molecule has 0 aliphatic carbocycles. The second-order valence-electron chi connectivity index (χ2n) is 14.7. The summed E-state index contributed by atoms with van der Waals surface area (Å²) in [5, 5.41) is 23.5. The number of halogens is 1. The van der Waals surface area contributed by atoms with Gasteiger partial charge in [0.25, 0.3) is 0 Å². The van der Waals surface area contributed by atoms with Crippen LogP contribution in [-0.4, -0.2) is 57.6 Å². The van der Waals surface area contributed by atoms with Gasteiger partial charge in [0.1, 0.15) is 48.6 Å². The van der Waals surface area contributed by atoms with Crippen molar-refractivity contribution in [1.82, 2.24) is 14.6 Å². The Bertz CT molecular complexity index is 1750. The molecule has 4 atom stereocenters. The molecule has 1 unspecified atom stereocenters. The molecular weight excluding hydrogens is 738 g/mol. The van der Waals surface area contributed by atoms with Crippen LogP contribution in [0, 0.1) is 28.5 Å². The summed E-state index contributed by atoms with van der Waals surface area (Å²) in [7, 11) is -4.70. The number of phosphoric acid groups is 1. The number of anilines is 1. The van der Waals surface area contributed by atoms with Gasteiger partial charge in [0.05, 0.1) is 31.1 Å². The molecule has 0 spiro atoms. The normalized spacial score (nSPS) is 18.5. The summed E-state index contributed by atoms with van der Waals surface area (Å²) in [6.45, 7) is 1.58. The van der Waals surface area contributed by atoms with Gasteiger partial charge < -0.3 is 24.8 Å². The highest BCUT2D eigenvalue weighted by Crippen LogP contribution is 2.47. The van der Waals surface area contributed by atoms with Crippen molar-refractivity contribution in [2.75, 3.05) is 32.2 Å². The molecule has 3 N–H and O–H groups in total. The zero-order chi connectivity index (χ0) is 40.1. The van der Waals surface area contributed by atoms with Crippen LogP contribution in [0.5, 0.6) is 0 Å². The van der Waals surface area contributed by atoms with E-state index in [9.17, 15) is 24.4 Å². The van der Waals surface area contributed by atoms with Crippen molar-refractivity contribution in [1.29, 1.82) is 10.5 Å². The van der Waals surface area contributed by atoms with Crippen molar-refractivity contribution in [3.63, 3.8) is 0 Å². The number of phosphoric ester groups is 1. The number of hydrogen-bond acceptors (Lipinski definition) is 11. The van der Waals surface area contributed by atoms with E-state index >= 15 is 0 Å². The van der Waals surface area contributed by atoms with Crippen LogP contribution in [0.1, 0.15) is 145 Å². The first-order valence-electron chi connectivity index (χ1n) is 20.4. The van der Waals surface area contributed by atoms with Crippen LogP contribution in [0.4, 0.5) is 10.2 Å². The SMILES string of the molecule is CCCCCCCCCCCCCCCCCCOC[C@H](COP(=O)(O)OC[C@]1(C#N)CC[C@H](c2ccc3c(N)ncnn23)O1)OCc1cccc(C#N)c1F. The molecule has 0 amide bonds. The van der Waals surface area contributed by atoms with Gasteiger partial charge in [-0.1, -0.05) is 115 Å². The van der Waals surface area contributed by atoms with E-state index < -0.39 is 44.7 Å². The molecule has 1 aromatic carbocycles. The van der Waals surface area contributed by atoms with E-state index in [1.54, 1.807) is 22.7 Å². The van der Waals surface area contributed by atoms with Crippen molar-refractivity contribution in [2.24, 2.45) is 0 Å². The summed E-state index contributed by atoms with van der Waals surface area (Å²) in [5.74, 6) is -0.396. The van der Waals surface area contributed by atoms with Gasteiger partial charge in [-0.2, -0.15) is 15.6 Å². The molecule has 3 heterocycles. The van der Waals surface area contributed by atoms with Crippen molar-refractivity contribution >= 4 is 19.2 Å². The standard InChI is InChI=1S/C41H60FN6O7P/c1-2-3-4-5-6-7-8-9-10-11-12-13-14-15-16-17-25-51-28-35(52-27-34-20-18-19-33(26-43)39(34)42)29-53-56(49,50)54-31-41(30-44)24-23-38(55-41)36-21-22-37-40(45)46-32-47-48(36)37/h18-22,32,35,38H,2-17,23-25,27-29,31H2,1H3,(H,49,50)(H2,45,46,47)/t35-,38-,41-/m1/s1. The third-order valence-corrected chi connectivity index (χ3v) is 11.2. The van der Waals surface area contributed by atoms with Gasteiger partial charge in [0, 0.05) is 12.2 Å². The number of ether oxygens (including phenoxy) is 3. The minimum Gasteiger partial charge on any atom is -0.382 e. The molecule has 4 rings (SSSR count). The van der Waals surface area contributed by atoms with E-state index in [1.165, 1.54) is 102 Å². The lowest BCUT2D eigenvalue weighted by atomic mass is 10.0. The second-order valence-corrected chi connectivity index (χ2v) is 16.1.